The number of hydrogen-bond donors (Lipinski definition) is 1. The number of carbonyl (C=O) groups excluding carboxylic acids is 1. The van der Waals surface area contributed by atoms with Crippen LogP contribution < -0.4 is 14.8 Å². The van der Waals surface area contributed by atoms with Gasteiger partial charge in [-0.05, 0) is 32.0 Å². The highest BCUT2D eigenvalue weighted by molar-refractivity contribution is 5.93. The number of hydrogen-bond acceptors (Lipinski definition) is 7. The summed E-state index contributed by atoms with van der Waals surface area (Å²) < 4.78 is 18.4. The number of amides is 1. The molecule has 134 valence electrons. The second-order valence-electron chi connectivity index (χ2n) is 6.04. The van der Waals surface area contributed by atoms with Gasteiger partial charge in [0.1, 0.15) is 12.3 Å². The first-order chi connectivity index (χ1) is 12.6. The summed E-state index contributed by atoms with van der Waals surface area (Å²) in [6, 6.07) is 9.14. The van der Waals surface area contributed by atoms with Crippen molar-refractivity contribution in [3.63, 3.8) is 0 Å². The quantitative estimate of drug-likeness (QED) is 0.765. The zero-order valence-corrected chi connectivity index (χ0v) is 14.2. The maximum Gasteiger partial charge on any atom is 0.322 e. The van der Waals surface area contributed by atoms with Crippen molar-refractivity contribution in [1.82, 2.24) is 20.0 Å². The zero-order valence-electron chi connectivity index (χ0n) is 14.2. The van der Waals surface area contributed by atoms with Crippen LogP contribution >= 0.6 is 0 Å². The highest BCUT2D eigenvalue weighted by atomic mass is 16.6. The first kappa shape index (κ1) is 16.1. The number of fused-ring (bicyclic) bond motifs is 1. The minimum Gasteiger partial charge on any atom is -0.485 e. The molecule has 26 heavy (non-hydrogen) atoms. The maximum atomic E-state index is 12.4. The van der Waals surface area contributed by atoms with Crippen LogP contribution in [0.1, 0.15) is 19.9 Å². The Morgan fingerprint density at radius 2 is 2.04 bits per heavy atom. The number of carbonyl (C=O) groups is 1. The van der Waals surface area contributed by atoms with Crippen LogP contribution in [0.25, 0.3) is 11.6 Å². The number of anilines is 1. The van der Waals surface area contributed by atoms with E-state index in [0.717, 1.165) is 0 Å². The van der Waals surface area contributed by atoms with E-state index in [1.807, 2.05) is 32.2 Å². The van der Waals surface area contributed by atoms with E-state index in [1.54, 1.807) is 22.9 Å². The fraction of sp³-hybridized carbons (Fsp3) is 0.294. The maximum absolute atomic E-state index is 12.4. The summed E-state index contributed by atoms with van der Waals surface area (Å²) in [5, 5.41) is 14.6. The molecule has 9 nitrogen and oxygen atoms in total. The Labute approximate surface area is 148 Å². The largest absolute Gasteiger partial charge is 0.485 e. The predicted octanol–water partition coefficient (Wildman–Crippen LogP) is 2.29. The molecule has 2 aromatic heterocycles. The molecule has 0 spiro atoms. The Balaban J connectivity index is 1.43. The fourth-order valence-electron chi connectivity index (χ4n) is 2.45. The molecule has 0 saturated heterocycles. The van der Waals surface area contributed by atoms with Crippen molar-refractivity contribution >= 4 is 11.9 Å². The highest BCUT2D eigenvalue weighted by Gasteiger charge is 2.28. The van der Waals surface area contributed by atoms with Gasteiger partial charge in [-0.3, -0.25) is 14.8 Å². The van der Waals surface area contributed by atoms with Gasteiger partial charge in [0.15, 0.2) is 11.5 Å². The molecule has 0 saturated carbocycles. The van der Waals surface area contributed by atoms with Gasteiger partial charge in [-0.15, -0.1) is 5.10 Å². The van der Waals surface area contributed by atoms with Gasteiger partial charge >= 0.3 is 6.01 Å². The number of nitrogens with one attached hydrogen (secondary N) is 1. The van der Waals surface area contributed by atoms with Crippen LogP contribution in [0.4, 0.5) is 6.01 Å². The monoisotopic (exact) mass is 355 g/mol. The van der Waals surface area contributed by atoms with Crippen molar-refractivity contribution in [2.45, 2.75) is 26.0 Å². The van der Waals surface area contributed by atoms with Crippen molar-refractivity contribution in [1.29, 1.82) is 0 Å². The van der Waals surface area contributed by atoms with Gasteiger partial charge in [-0.1, -0.05) is 17.2 Å². The molecule has 1 atom stereocenters. The van der Waals surface area contributed by atoms with Gasteiger partial charge in [0.2, 0.25) is 6.10 Å². The molecule has 0 bridgehead atoms. The number of ether oxygens (including phenoxy) is 2. The Hall–Kier alpha value is -3.36. The summed E-state index contributed by atoms with van der Waals surface area (Å²) in [6.07, 6.45) is 1.02. The van der Waals surface area contributed by atoms with E-state index in [1.165, 1.54) is 0 Å². The fourth-order valence-corrected chi connectivity index (χ4v) is 2.45. The zero-order chi connectivity index (χ0) is 18.1. The van der Waals surface area contributed by atoms with E-state index in [0.29, 0.717) is 17.2 Å². The summed E-state index contributed by atoms with van der Waals surface area (Å²) in [7, 11) is 0. The van der Waals surface area contributed by atoms with E-state index >= 15 is 0 Å². The van der Waals surface area contributed by atoms with Gasteiger partial charge in [0.05, 0.1) is 0 Å². The van der Waals surface area contributed by atoms with E-state index in [9.17, 15) is 4.79 Å². The van der Waals surface area contributed by atoms with E-state index in [4.69, 9.17) is 13.9 Å². The van der Waals surface area contributed by atoms with Crippen molar-refractivity contribution in [2.75, 3.05) is 11.9 Å². The average Bonchev–Trinajstić information content (AvgIpc) is 3.30. The van der Waals surface area contributed by atoms with Crippen molar-refractivity contribution in [3.05, 3.63) is 36.5 Å². The molecule has 1 unspecified atom stereocenters. The molecule has 0 fully saturated rings. The summed E-state index contributed by atoms with van der Waals surface area (Å²) >= 11 is 0. The smallest absolute Gasteiger partial charge is 0.322 e. The topological polar surface area (TPSA) is 104 Å². The Bertz CT molecular complexity index is 933. The van der Waals surface area contributed by atoms with Crippen LogP contribution in [0.2, 0.25) is 0 Å². The van der Waals surface area contributed by atoms with Crippen LogP contribution in [0.15, 0.2) is 40.9 Å². The van der Waals surface area contributed by atoms with Crippen molar-refractivity contribution in [3.8, 4) is 23.1 Å². The number of para-hydroxylation sites is 2. The van der Waals surface area contributed by atoms with E-state index < -0.39 is 12.0 Å². The SMILES string of the molecule is CC(C)n1ccc(-c2nnc(NC(=O)C3COc4ccccc4O3)o2)n1. The van der Waals surface area contributed by atoms with Crippen LogP contribution in [-0.4, -0.2) is 38.6 Å². The lowest BCUT2D eigenvalue weighted by Gasteiger charge is -2.24. The standard InChI is InChI=1S/C17H17N5O4/c1-10(2)22-8-7-11(21-22)16-19-20-17(26-16)18-15(23)14-9-24-12-5-3-4-6-13(12)25-14/h3-8,10,14H,9H2,1-2H3,(H,18,20,23). The van der Waals surface area contributed by atoms with Gasteiger partial charge in [0, 0.05) is 12.2 Å². The summed E-state index contributed by atoms with van der Waals surface area (Å²) in [5.41, 5.74) is 0.540. The number of aromatic nitrogens is 4. The lowest BCUT2D eigenvalue weighted by molar-refractivity contribution is -0.125. The minimum absolute atomic E-state index is 0.0217. The van der Waals surface area contributed by atoms with Gasteiger partial charge in [-0.2, -0.15) is 5.10 Å². The average molecular weight is 355 g/mol. The molecule has 4 rings (SSSR count). The van der Waals surface area contributed by atoms with Crippen LogP contribution in [0.5, 0.6) is 11.5 Å². The molecule has 1 aromatic carbocycles. The van der Waals surface area contributed by atoms with Crippen molar-refractivity contribution < 1.29 is 18.7 Å². The Kier molecular flexibility index (Phi) is 4.04. The molecule has 3 heterocycles. The minimum atomic E-state index is -0.805. The van der Waals surface area contributed by atoms with Crippen molar-refractivity contribution in [2.24, 2.45) is 0 Å². The summed E-state index contributed by atoms with van der Waals surface area (Å²) in [5.74, 6) is 0.926. The molecule has 1 aliphatic heterocycles. The lowest BCUT2D eigenvalue weighted by atomic mass is 10.2. The normalized spacial score (nSPS) is 15.9. The molecule has 3 aromatic rings. The van der Waals surface area contributed by atoms with Crippen LogP contribution in [0.3, 0.4) is 0 Å². The lowest BCUT2D eigenvalue weighted by Crippen LogP contribution is -2.40. The van der Waals surface area contributed by atoms with Gasteiger partial charge in [0.25, 0.3) is 11.8 Å². The van der Waals surface area contributed by atoms with Crippen LogP contribution in [-0.2, 0) is 4.79 Å². The Morgan fingerprint density at radius 3 is 2.81 bits per heavy atom. The molecule has 0 radical (unpaired) electrons. The number of nitrogens with zero attached hydrogens (tertiary/aromatic N) is 4. The number of rotatable bonds is 4. The highest BCUT2D eigenvalue weighted by Crippen LogP contribution is 2.31. The third-order valence-electron chi connectivity index (χ3n) is 3.81. The third kappa shape index (κ3) is 3.10. The first-order valence-corrected chi connectivity index (χ1v) is 8.18. The second-order valence-corrected chi connectivity index (χ2v) is 6.04. The molecule has 9 heteroatoms. The summed E-state index contributed by atoms with van der Waals surface area (Å²) in [4.78, 5) is 12.4. The van der Waals surface area contributed by atoms with Gasteiger partial charge < -0.3 is 13.9 Å². The van der Waals surface area contributed by atoms with Gasteiger partial charge in [-0.25, -0.2) is 0 Å². The first-order valence-electron chi connectivity index (χ1n) is 8.18. The van der Waals surface area contributed by atoms with E-state index in [2.05, 4.69) is 20.6 Å². The van der Waals surface area contributed by atoms with Crippen LogP contribution in [0, 0.1) is 0 Å². The molecular weight excluding hydrogens is 338 g/mol. The third-order valence-corrected chi connectivity index (χ3v) is 3.81. The second kappa shape index (κ2) is 6.51. The molecule has 1 aliphatic rings. The molecular formula is C17H17N5O4. The molecule has 1 N–H and O–H groups in total. The summed E-state index contributed by atoms with van der Waals surface area (Å²) in [6.45, 7) is 4.13. The number of benzene rings is 1. The molecule has 0 aliphatic carbocycles. The predicted molar refractivity (Wildman–Crippen MR) is 90.9 cm³/mol. The molecule has 1 amide bonds. The Morgan fingerprint density at radius 1 is 1.23 bits per heavy atom. The van der Waals surface area contributed by atoms with E-state index in [-0.39, 0.29) is 24.6 Å².